The molecule has 2 aliphatic heterocycles. The first kappa shape index (κ1) is 16.2. The van der Waals surface area contributed by atoms with E-state index in [1.54, 1.807) is 0 Å². The van der Waals surface area contributed by atoms with Crippen molar-refractivity contribution in [2.24, 2.45) is 5.92 Å². The maximum absolute atomic E-state index is 12.4. The summed E-state index contributed by atoms with van der Waals surface area (Å²) in [5, 5.41) is 1.93. The van der Waals surface area contributed by atoms with E-state index in [1.807, 2.05) is 9.96 Å². The molecule has 1 aliphatic carbocycles. The number of rotatable bonds is 5. The minimum absolute atomic E-state index is 0.254. The number of morpholine rings is 1. The average Bonchev–Trinajstić information content (AvgIpc) is 3.07. The molecule has 0 aromatic carbocycles. The number of hydrogen-bond donors (Lipinski definition) is 0. The van der Waals surface area contributed by atoms with Crippen molar-refractivity contribution in [2.45, 2.75) is 57.5 Å². The Bertz CT molecular complexity index is 352. The number of hydroxylamine groups is 2. The normalized spacial score (nSPS) is 28.2. The molecule has 5 heteroatoms. The van der Waals surface area contributed by atoms with E-state index >= 15 is 0 Å². The molecular formula is C17H30N2O3. The zero-order valence-electron chi connectivity index (χ0n) is 13.7. The Kier molecular flexibility index (Phi) is 6.10. The summed E-state index contributed by atoms with van der Waals surface area (Å²) in [6.07, 6.45) is 9.87. The molecule has 0 aromatic heterocycles. The zero-order valence-corrected chi connectivity index (χ0v) is 13.7. The highest BCUT2D eigenvalue weighted by Gasteiger charge is 2.27. The van der Waals surface area contributed by atoms with Gasteiger partial charge in [-0.15, -0.1) is 0 Å². The van der Waals surface area contributed by atoms with E-state index in [4.69, 9.17) is 9.57 Å². The van der Waals surface area contributed by atoms with Gasteiger partial charge in [-0.05, 0) is 18.8 Å². The molecule has 2 saturated heterocycles. The summed E-state index contributed by atoms with van der Waals surface area (Å²) in [5.74, 6) is 1.07. The molecule has 126 valence electrons. The van der Waals surface area contributed by atoms with Gasteiger partial charge < -0.3 is 9.64 Å². The van der Waals surface area contributed by atoms with Gasteiger partial charge in [-0.25, -0.2) is 0 Å². The molecule has 1 amide bonds. The van der Waals surface area contributed by atoms with Crippen LogP contribution in [0.25, 0.3) is 0 Å². The summed E-state index contributed by atoms with van der Waals surface area (Å²) in [5.41, 5.74) is 0. The average molecular weight is 310 g/mol. The minimum Gasteiger partial charge on any atom is -0.375 e. The maximum atomic E-state index is 12.4. The third-order valence-corrected chi connectivity index (χ3v) is 5.21. The van der Waals surface area contributed by atoms with Crippen LogP contribution in [0.2, 0.25) is 0 Å². The van der Waals surface area contributed by atoms with Crippen LogP contribution >= 0.6 is 0 Å². The van der Waals surface area contributed by atoms with E-state index in [1.165, 1.54) is 32.1 Å². The molecule has 0 unspecified atom stereocenters. The molecule has 0 radical (unpaired) electrons. The van der Waals surface area contributed by atoms with Crippen molar-refractivity contribution in [3.63, 3.8) is 0 Å². The van der Waals surface area contributed by atoms with Crippen LogP contribution in [-0.2, 0) is 14.4 Å². The second-order valence-corrected chi connectivity index (χ2v) is 6.94. The summed E-state index contributed by atoms with van der Waals surface area (Å²) in [4.78, 5) is 19.8. The van der Waals surface area contributed by atoms with E-state index in [9.17, 15) is 4.79 Å². The van der Waals surface area contributed by atoms with Crippen LogP contribution in [-0.4, -0.2) is 61.4 Å². The van der Waals surface area contributed by atoms with E-state index in [2.05, 4.69) is 0 Å². The highest BCUT2D eigenvalue weighted by molar-refractivity contribution is 5.76. The van der Waals surface area contributed by atoms with E-state index in [-0.39, 0.29) is 12.0 Å². The number of carbonyl (C=O) groups is 1. The number of nitrogens with zero attached hydrogens (tertiary/aromatic N) is 2. The predicted molar refractivity (Wildman–Crippen MR) is 84.3 cm³/mol. The third kappa shape index (κ3) is 4.67. The van der Waals surface area contributed by atoms with Crippen LogP contribution < -0.4 is 0 Å². The topological polar surface area (TPSA) is 42.0 Å². The van der Waals surface area contributed by atoms with Gasteiger partial charge in [-0.1, -0.05) is 32.1 Å². The van der Waals surface area contributed by atoms with Crippen molar-refractivity contribution in [2.75, 3.05) is 39.4 Å². The zero-order chi connectivity index (χ0) is 15.2. The van der Waals surface area contributed by atoms with E-state index in [0.717, 1.165) is 51.5 Å². The first-order valence-electron chi connectivity index (χ1n) is 9.08. The fraction of sp³-hybridized carbons (Fsp3) is 0.941. The van der Waals surface area contributed by atoms with Gasteiger partial charge >= 0.3 is 0 Å². The first-order valence-corrected chi connectivity index (χ1v) is 9.08. The monoisotopic (exact) mass is 310 g/mol. The van der Waals surface area contributed by atoms with Gasteiger partial charge in [0, 0.05) is 32.6 Å². The smallest absolute Gasteiger partial charge is 0.224 e. The third-order valence-electron chi connectivity index (χ3n) is 5.21. The van der Waals surface area contributed by atoms with Gasteiger partial charge in [0.25, 0.3) is 0 Å². The minimum atomic E-state index is 0.254. The van der Waals surface area contributed by atoms with Crippen molar-refractivity contribution in [1.82, 2.24) is 9.96 Å². The molecule has 1 saturated carbocycles. The Labute approximate surface area is 133 Å². The SMILES string of the molecule is O=C(CCN1CCCO1)N1CCO[C@H](CC2CCCCC2)C1. The van der Waals surface area contributed by atoms with Crippen LogP contribution in [0.5, 0.6) is 0 Å². The molecule has 0 bridgehead atoms. The summed E-state index contributed by atoms with van der Waals surface area (Å²) in [7, 11) is 0. The molecule has 0 N–H and O–H groups in total. The highest BCUT2D eigenvalue weighted by Crippen LogP contribution is 2.29. The molecule has 0 aromatic rings. The van der Waals surface area contributed by atoms with E-state index < -0.39 is 0 Å². The van der Waals surface area contributed by atoms with Gasteiger partial charge in [0.1, 0.15) is 0 Å². The molecule has 2 heterocycles. The van der Waals surface area contributed by atoms with Crippen LogP contribution in [0, 0.1) is 5.92 Å². The molecule has 3 fully saturated rings. The lowest BCUT2D eigenvalue weighted by molar-refractivity contribution is -0.145. The Morgan fingerprint density at radius 3 is 2.68 bits per heavy atom. The largest absolute Gasteiger partial charge is 0.375 e. The van der Waals surface area contributed by atoms with E-state index in [0.29, 0.717) is 13.0 Å². The standard InChI is InChI=1S/C17H30N2O3/c20-17(7-9-19-8-4-11-22-19)18-10-12-21-16(14-18)13-15-5-2-1-3-6-15/h15-16H,1-14H2/t16-/m1/s1. The van der Waals surface area contributed by atoms with Gasteiger partial charge in [-0.3, -0.25) is 9.63 Å². The first-order chi connectivity index (χ1) is 10.8. The molecule has 3 aliphatic rings. The van der Waals surface area contributed by atoms with Gasteiger partial charge in [-0.2, -0.15) is 5.06 Å². The summed E-state index contributed by atoms with van der Waals surface area (Å²) >= 11 is 0. The number of ether oxygens (including phenoxy) is 1. The Morgan fingerprint density at radius 2 is 1.91 bits per heavy atom. The van der Waals surface area contributed by atoms with Crippen molar-refractivity contribution in [3.8, 4) is 0 Å². The van der Waals surface area contributed by atoms with Gasteiger partial charge in [0.15, 0.2) is 0 Å². The summed E-state index contributed by atoms with van der Waals surface area (Å²) in [6, 6.07) is 0. The lowest BCUT2D eigenvalue weighted by Gasteiger charge is -2.35. The number of hydrogen-bond acceptors (Lipinski definition) is 4. The lowest BCUT2D eigenvalue weighted by atomic mass is 9.85. The number of amides is 1. The Balaban J connectivity index is 1.39. The Morgan fingerprint density at radius 1 is 1.05 bits per heavy atom. The molecule has 3 rings (SSSR count). The molecule has 0 spiro atoms. The summed E-state index contributed by atoms with van der Waals surface area (Å²) < 4.78 is 5.91. The molecular weight excluding hydrogens is 280 g/mol. The van der Waals surface area contributed by atoms with Crippen LogP contribution in [0.3, 0.4) is 0 Å². The van der Waals surface area contributed by atoms with Gasteiger partial charge in [0.05, 0.1) is 19.3 Å². The second kappa shape index (κ2) is 8.27. The van der Waals surface area contributed by atoms with Gasteiger partial charge in [0.2, 0.25) is 5.91 Å². The maximum Gasteiger partial charge on any atom is 0.224 e. The number of carbonyl (C=O) groups excluding carboxylic acids is 1. The van der Waals surface area contributed by atoms with Crippen molar-refractivity contribution in [3.05, 3.63) is 0 Å². The predicted octanol–water partition coefficient (Wildman–Crippen LogP) is 2.21. The fourth-order valence-corrected chi connectivity index (χ4v) is 3.94. The van der Waals surface area contributed by atoms with Crippen LogP contribution in [0.4, 0.5) is 0 Å². The van der Waals surface area contributed by atoms with Crippen molar-refractivity contribution in [1.29, 1.82) is 0 Å². The molecule has 1 atom stereocenters. The quantitative estimate of drug-likeness (QED) is 0.781. The highest BCUT2D eigenvalue weighted by atomic mass is 16.7. The van der Waals surface area contributed by atoms with Crippen LogP contribution in [0.15, 0.2) is 0 Å². The second-order valence-electron chi connectivity index (χ2n) is 6.94. The lowest BCUT2D eigenvalue weighted by Crippen LogP contribution is -2.46. The fourth-order valence-electron chi connectivity index (χ4n) is 3.94. The van der Waals surface area contributed by atoms with Crippen molar-refractivity contribution >= 4 is 5.91 Å². The van der Waals surface area contributed by atoms with Crippen molar-refractivity contribution < 1.29 is 14.4 Å². The van der Waals surface area contributed by atoms with Crippen LogP contribution in [0.1, 0.15) is 51.4 Å². The molecule has 5 nitrogen and oxygen atoms in total. The Hall–Kier alpha value is -0.650. The molecule has 22 heavy (non-hydrogen) atoms. The summed E-state index contributed by atoms with van der Waals surface area (Å²) in [6.45, 7) is 4.72.